The second-order valence-corrected chi connectivity index (χ2v) is 3.34. The zero-order valence-electron chi connectivity index (χ0n) is 6.45. The van der Waals surface area contributed by atoms with Crippen LogP contribution >= 0.6 is 15.9 Å². The van der Waals surface area contributed by atoms with E-state index in [2.05, 4.69) is 26.0 Å². The average Bonchev–Trinajstić information content (AvgIpc) is 2.28. The van der Waals surface area contributed by atoms with Crippen LogP contribution in [0.4, 0.5) is 5.69 Å². The Hall–Kier alpha value is -1.10. The van der Waals surface area contributed by atoms with Gasteiger partial charge in [-0.2, -0.15) is 5.10 Å². The maximum absolute atomic E-state index is 5.70. The molecular weight excluding hydrogens is 220 g/mol. The molecule has 0 spiro atoms. The van der Waals surface area contributed by atoms with Gasteiger partial charge in [0, 0.05) is 0 Å². The van der Waals surface area contributed by atoms with Crippen LogP contribution in [-0.2, 0) is 0 Å². The molecule has 0 aliphatic heterocycles. The number of nitrogen functional groups attached to an aromatic ring is 1. The highest BCUT2D eigenvalue weighted by atomic mass is 79.9. The smallest absolute Gasteiger partial charge is 0.146 e. The molecule has 0 bridgehead atoms. The lowest BCUT2D eigenvalue weighted by molar-refractivity contribution is 0.842. The molecule has 62 valence electrons. The molecule has 0 aliphatic carbocycles. The highest BCUT2D eigenvalue weighted by Gasteiger charge is 2.04. The van der Waals surface area contributed by atoms with Crippen molar-refractivity contribution in [3.8, 4) is 0 Å². The van der Waals surface area contributed by atoms with Crippen LogP contribution < -0.4 is 5.73 Å². The number of aryl methyl sites for hydroxylation is 1. The predicted molar refractivity (Wildman–Crippen MR) is 49.8 cm³/mol. The molecule has 0 amide bonds. The van der Waals surface area contributed by atoms with Gasteiger partial charge in [0.25, 0.3) is 0 Å². The average molecular weight is 227 g/mol. The van der Waals surface area contributed by atoms with Crippen LogP contribution in [0.1, 0.15) is 5.82 Å². The van der Waals surface area contributed by atoms with Crippen LogP contribution in [0.2, 0.25) is 0 Å². The number of nitrogens with two attached hydrogens (primary N) is 1. The third-order valence-corrected chi connectivity index (χ3v) is 2.18. The van der Waals surface area contributed by atoms with E-state index in [-0.39, 0.29) is 0 Å². The van der Waals surface area contributed by atoms with Gasteiger partial charge in [-0.05, 0) is 28.9 Å². The fourth-order valence-corrected chi connectivity index (χ4v) is 1.57. The Morgan fingerprint density at radius 1 is 1.58 bits per heavy atom. The monoisotopic (exact) mass is 226 g/mol. The minimum Gasteiger partial charge on any atom is -0.397 e. The number of hydrogen-bond donors (Lipinski definition) is 1. The van der Waals surface area contributed by atoms with E-state index < -0.39 is 0 Å². The molecular formula is C7H7BrN4. The first-order valence-electron chi connectivity index (χ1n) is 3.45. The summed E-state index contributed by atoms with van der Waals surface area (Å²) in [5.74, 6) is 0.721. The predicted octanol–water partition coefficient (Wildman–Crippen LogP) is 1.38. The summed E-state index contributed by atoms with van der Waals surface area (Å²) in [6, 6.07) is 1.81. The van der Waals surface area contributed by atoms with Crippen LogP contribution in [0.5, 0.6) is 0 Å². The third-order valence-electron chi connectivity index (χ3n) is 1.62. The first-order valence-corrected chi connectivity index (χ1v) is 4.24. The number of rotatable bonds is 0. The van der Waals surface area contributed by atoms with Crippen molar-refractivity contribution in [2.75, 3.05) is 5.73 Å². The Labute approximate surface area is 77.5 Å². The highest BCUT2D eigenvalue weighted by molar-refractivity contribution is 9.10. The largest absolute Gasteiger partial charge is 0.397 e. The molecule has 2 N–H and O–H groups in total. The summed E-state index contributed by atoms with van der Waals surface area (Å²) in [5.41, 5.74) is 7.20. The normalized spacial score (nSPS) is 10.8. The van der Waals surface area contributed by atoms with E-state index in [4.69, 9.17) is 5.73 Å². The van der Waals surface area contributed by atoms with Crippen LogP contribution in [0.3, 0.4) is 0 Å². The molecule has 0 radical (unpaired) electrons. The molecule has 0 unspecified atom stereocenters. The van der Waals surface area contributed by atoms with Crippen molar-refractivity contribution in [3.05, 3.63) is 22.7 Å². The van der Waals surface area contributed by atoms with Gasteiger partial charge in [-0.15, -0.1) is 0 Å². The van der Waals surface area contributed by atoms with Gasteiger partial charge in [0.2, 0.25) is 0 Å². The molecule has 0 aliphatic rings. The number of halogens is 1. The van der Waals surface area contributed by atoms with Crippen molar-refractivity contribution in [2.24, 2.45) is 0 Å². The van der Waals surface area contributed by atoms with E-state index in [1.165, 1.54) is 0 Å². The van der Waals surface area contributed by atoms with Gasteiger partial charge < -0.3 is 5.73 Å². The SMILES string of the molecule is Cc1ncc2c(N)cc(Br)n2n1. The quantitative estimate of drug-likeness (QED) is 0.739. The summed E-state index contributed by atoms with van der Waals surface area (Å²) in [4.78, 5) is 4.05. The van der Waals surface area contributed by atoms with Crippen molar-refractivity contribution in [1.82, 2.24) is 14.6 Å². The van der Waals surface area contributed by atoms with Gasteiger partial charge in [-0.1, -0.05) is 0 Å². The van der Waals surface area contributed by atoms with Crippen molar-refractivity contribution in [2.45, 2.75) is 6.92 Å². The lowest BCUT2D eigenvalue weighted by atomic mass is 10.4. The summed E-state index contributed by atoms with van der Waals surface area (Å²) in [7, 11) is 0. The Balaban J connectivity index is 2.90. The molecule has 0 saturated carbocycles. The Morgan fingerprint density at radius 2 is 2.33 bits per heavy atom. The molecule has 0 aromatic carbocycles. The van der Waals surface area contributed by atoms with Gasteiger partial charge in [0.05, 0.1) is 11.9 Å². The number of hydrogen-bond acceptors (Lipinski definition) is 3. The maximum Gasteiger partial charge on any atom is 0.146 e. The second-order valence-electron chi connectivity index (χ2n) is 2.52. The number of anilines is 1. The van der Waals surface area contributed by atoms with E-state index in [1.807, 2.05) is 13.0 Å². The fourth-order valence-electron chi connectivity index (χ4n) is 1.06. The van der Waals surface area contributed by atoms with Crippen LogP contribution in [0.15, 0.2) is 16.9 Å². The van der Waals surface area contributed by atoms with E-state index >= 15 is 0 Å². The molecule has 4 nitrogen and oxygen atoms in total. The van der Waals surface area contributed by atoms with E-state index in [9.17, 15) is 0 Å². The lowest BCUT2D eigenvalue weighted by Gasteiger charge is -1.95. The van der Waals surface area contributed by atoms with Gasteiger partial charge in [0.15, 0.2) is 0 Å². The molecule has 2 heterocycles. The molecule has 2 rings (SSSR count). The first kappa shape index (κ1) is 7.54. The molecule has 12 heavy (non-hydrogen) atoms. The molecule has 5 heteroatoms. The summed E-state index contributed by atoms with van der Waals surface area (Å²) in [5, 5.41) is 4.17. The Kier molecular flexibility index (Phi) is 1.54. The third kappa shape index (κ3) is 0.972. The Bertz CT molecular complexity index is 434. The summed E-state index contributed by atoms with van der Waals surface area (Å²) in [6.07, 6.45) is 1.71. The second kappa shape index (κ2) is 2.45. The topological polar surface area (TPSA) is 56.2 Å². The Morgan fingerprint density at radius 3 is 3.08 bits per heavy atom. The maximum atomic E-state index is 5.70. The van der Waals surface area contributed by atoms with Crippen LogP contribution in [0.25, 0.3) is 5.52 Å². The summed E-state index contributed by atoms with van der Waals surface area (Å²) < 4.78 is 2.57. The lowest BCUT2D eigenvalue weighted by Crippen LogP contribution is -1.97. The van der Waals surface area contributed by atoms with E-state index in [0.717, 1.165) is 15.9 Å². The van der Waals surface area contributed by atoms with Gasteiger partial charge in [-0.3, -0.25) is 0 Å². The first-order chi connectivity index (χ1) is 5.68. The van der Waals surface area contributed by atoms with Crippen molar-refractivity contribution in [1.29, 1.82) is 0 Å². The van der Waals surface area contributed by atoms with Gasteiger partial charge in [0.1, 0.15) is 15.9 Å². The van der Waals surface area contributed by atoms with Crippen LogP contribution in [0, 0.1) is 6.92 Å². The molecule has 0 fully saturated rings. The number of nitrogens with zero attached hydrogens (tertiary/aromatic N) is 3. The standard InChI is InChI=1S/C7H7BrN4/c1-4-10-3-6-5(9)2-7(8)12(6)11-4/h2-3H,9H2,1H3. The minimum atomic E-state index is 0.682. The van der Waals surface area contributed by atoms with Crippen LogP contribution in [-0.4, -0.2) is 14.6 Å². The highest BCUT2D eigenvalue weighted by Crippen LogP contribution is 2.21. The number of aromatic nitrogens is 3. The van der Waals surface area contributed by atoms with Gasteiger partial charge >= 0.3 is 0 Å². The zero-order valence-corrected chi connectivity index (χ0v) is 8.04. The summed E-state index contributed by atoms with van der Waals surface area (Å²) >= 11 is 3.34. The minimum absolute atomic E-state index is 0.682. The van der Waals surface area contributed by atoms with Crippen molar-refractivity contribution < 1.29 is 0 Å². The van der Waals surface area contributed by atoms with E-state index in [1.54, 1.807) is 10.7 Å². The van der Waals surface area contributed by atoms with Crippen molar-refractivity contribution in [3.63, 3.8) is 0 Å². The molecule has 2 aromatic heterocycles. The molecule has 0 saturated heterocycles. The number of fused-ring (bicyclic) bond motifs is 1. The summed E-state index contributed by atoms with van der Waals surface area (Å²) in [6.45, 7) is 1.84. The van der Waals surface area contributed by atoms with E-state index in [0.29, 0.717) is 5.69 Å². The van der Waals surface area contributed by atoms with Crippen molar-refractivity contribution >= 4 is 27.1 Å². The molecule has 0 atom stereocenters. The van der Waals surface area contributed by atoms with Gasteiger partial charge in [-0.25, -0.2) is 9.50 Å². The zero-order chi connectivity index (χ0) is 8.72. The fraction of sp³-hybridized carbons (Fsp3) is 0.143. The molecule has 2 aromatic rings.